The summed E-state index contributed by atoms with van der Waals surface area (Å²) in [6, 6.07) is 4.60. The van der Waals surface area contributed by atoms with Gasteiger partial charge in [0, 0.05) is 17.8 Å². The lowest BCUT2D eigenvalue weighted by Gasteiger charge is -2.19. The summed E-state index contributed by atoms with van der Waals surface area (Å²) in [6.45, 7) is 6.17. The zero-order chi connectivity index (χ0) is 23.1. The summed E-state index contributed by atoms with van der Waals surface area (Å²) in [5, 5.41) is 9.73. The third-order valence-electron chi connectivity index (χ3n) is 4.67. The minimum Gasteiger partial charge on any atom is -0.466 e. The summed E-state index contributed by atoms with van der Waals surface area (Å²) in [4.78, 5) is 36.8. The molecule has 0 saturated carbocycles. The van der Waals surface area contributed by atoms with Crippen molar-refractivity contribution in [3.8, 4) is 11.5 Å². The van der Waals surface area contributed by atoms with Crippen LogP contribution in [0.4, 0.5) is 5.69 Å². The van der Waals surface area contributed by atoms with Crippen molar-refractivity contribution < 1.29 is 28.6 Å². The molecule has 1 unspecified atom stereocenters. The molecule has 32 heavy (non-hydrogen) atoms. The zero-order valence-electron chi connectivity index (χ0n) is 18.4. The second-order valence-corrected chi connectivity index (χ2v) is 7.85. The number of carbonyl (C=O) groups excluding carboxylic acids is 3. The molecule has 0 saturated heterocycles. The van der Waals surface area contributed by atoms with E-state index in [4.69, 9.17) is 14.2 Å². The topological polar surface area (TPSA) is 121 Å². The molecule has 1 atom stereocenters. The van der Waals surface area contributed by atoms with Gasteiger partial charge in [0.05, 0.1) is 24.9 Å². The first-order chi connectivity index (χ1) is 15.3. The molecular formula is C22H28N4O6. The lowest BCUT2D eigenvalue weighted by molar-refractivity contribution is -0.143. The molecule has 1 aliphatic heterocycles. The van der Waals surface area contributed by atoms with Gasteiger partial charge >= 0.3 is 5.97 Å². The van der Waals surface area contributed by atoms with E-state index in [2.05, 4.69) is 15.7 Å². The highest BCUT2D eigenvalue weighted by molar-refractivity contribution is 6.04. The van der Waals surface area contributed by atoms with Gasteiger partial charge in [0.1, 0.15) is 6.54 Å². The van der Waals surface area contributed by atoms with E-state index in [-0.39, 0.29) is 43.6 Å². The van der Waals surface area contributed by atoms with Crippen molar-refractivity contribution in [1.82, 2.24) is 15.1 Å². The van der Waals surface area contributed by atoms with Crippen LogP contribution in [0, 0.1) is 5.92 Å². The molecule has 0 radical (unpaired) electrons. The number of rotatable bonds is 10. The summed E-state index contributed by atoms with van der Waals surface area (Å²) < 4.78 is 16.9. The first-order valence-electron chi connectivity index (χ1n) is 10.5. The van der Waals surface area contributed by atoms with Gasteiger partial charge in [0.15, 0.2) is 11.5 Å². The number of benzene rings is 1. The Labute approximate surface area is 186 Å². The minimum atomic E-state index is -0.342. The third kappa shape index (κ3) is 6.47. The van der Waals surface area contributed by atoms with Gasteiger partial charge in [0.2, 0.25) is 12.7 Å². The maximum atomic E-state index is 12.5. The summed E-state index contributed by atoms with van der Waals surface area (Å²) in [6.07, 6.45) is 3.80. The van der Waals surface area contributed by atoms with Crippen molar-refractivity contribution in [2.24, 2.45) is 5.92 Å². The Morgan fingerprint density at radius 1 is 1.22 bits per heavy atom. The molecule has 172 valence electrons. The highest BCUT2D eigenvalue weighted by Gasteiger charge is 2.20. The number of hydrogen-bond acceptors (Lipinski definition) is 7. The molecular weight excluding hydrogens is 416 g/mol. The fourth-order valence-electron chi connectivity index (χ4n) is 3.36. The molecule has 10 heteroatoms. The number of anilines is 1. The summed E-state index contributed by atoms with van der Waals surface area (Å²) in [5.41, 5.74) is 0.862. The maximum absolute atomic E-state index is 12.5. The third-order valence-corrected chi connectivity index (χ3v) is 4.67. The Hall–Kier alpha value is -3.56. The van der Waals surface area contributed by atoms with Gasteiger partial charge in [-0.15, -0.1) is 0 Å². The van der Waals surface area contributed by atoms with E-state index in [1.54, 1.807) is 31.3 Å². The van der Waals surface area contributed by atoms with Crippen LogP contribution in [0.1, 0.15) is 44.0 Å². The highest BCUT2D eigenvalue weighted by atomic mass is 16.7. The minimum absolute atomic E-state index is 0.0443. The van der Waals surface area contributed by atoms with Crippen LogP contribution >= 0.6 is 0 Å². The Morgan fingerprint density at radius 3 is 2.75 bits per heavy atom. The normalized spacial score (nSPS) is 13.0. The molecule has 0 spiro atoms. The summed E-state index contributed by atoms with van der Waals surface area (Å²) in [7, 11) is 0. The van der Waals surface area contributed by atoms with Gasteiger partial charge in [-0.1, -0.05) is 13.8 Å². The quantitative estimate of drug-likeness (QED) is 0.540. The van der Waals surface area contributed by atoms with Gasteiger partial charge in [-0.2, -0.15) is 5.10 Å². The van der Waals surface area contributed by atoms with Gasteiger partial charge < -0.3 is 24.8 Å². The van der Waals surface area contributed by atoms with Crippen LogP contribution in [-0.2, 0) is 20.9 Å². The number of ether oxygens (including phenoxy) is 3. The van der Waals surface area contributed by atoms with Crippen LogP contribution in [0.2, 0.25) is 0 Å². The van der Waals surface area contributed by atoms with Crippen LogP contribution in [-0.4, -0.2) is 47.0 Å². The fourth-order valence-corrected chi connectivity index (χ4v) is 3.36. The summed E-state index contributed by atoms with van der Waals surface area (Å²) >= 11 is 0. The van der Waals surface area contributed by atoms with E-state index < -0.39 is 0 Å². The Kier molecular flexibility index (Phi) is 7.69. The number of nitrogens with zero attached hydrogens (tertiary/aromatic N) is 2. The molecule has 0 fully saturated rings. The Balaban J connectivity index is 1.54. The number of nitrogens with one attached hydrogen (secondary N) is 2. The van der Waals surface area contributed by atoms with Crippen molar-refractivity contribution in [3.63, 3.8) is 0 Å². The standard InChI is InChI=1S/C22H28N4O6/c1-4-30-21(28)9-16(7-14(2)3)24-20(27)12-26-11-17(10-23-26)25-22(29)15-5-6-18-19(8-15)32-13-31-18/h5-6,8,10-11,14,16H,4,7,9,12-13H2,1-3H3,(H,24,27)(H,25,29). The highest BCUT2D eigenvalue weighted by Crippen LogP contribution is 2.32. The van der Waals surface area contributed by atoms with E-state index in [0.29, 0.717) is 41.7 Å². The lowest BCUT2D eigenvalue weighted by atomic mass is 10.0. The first-order valence-corrected chi connectivity index (χ1v) is 10.5. The largest absolute Gasteiger partial charge is 0.466 e. The van der Waals surface area contributed by atoms with E-state index in [0.717, 1.165) is 0 Å². The molecule has 1 aromatic carbocycles. The Morgan fingerprint density at radius 2 is 2.00 bits per heavy atom. The van der Waals surface area contributed by atoms with Crippen LogP contribution in [0.25, 0.3) is 0 Å². The van der Waals surface area contributed by atoms with Crippen LogP contribution < -0.4 is 20.1 Å². The second-order valence-electron chi connectivity index (χ2n) is 7.85. The van der Waals surface area contributed by atoms with Crippen molar-refractivity contribution in [2.45, 2.75) is 46.2 Å². The smallest absolute Gasteiger partial charge is 0.307 e. The van der Waals surface area contributed by atoms with Gasteiger partial charge in [-0.25, -0.2) is 0 Å². The lowest BCUT2D eigenvalue weighted by Crippen LogP contribution is -2.39. The molecule has 1 aromatic heterocycles. The molecule has 2 amide bonds. The molecule has 0 bridgehead atoms. The van der Waals surface area contributed by atoms with E-state index in [1.165, 1.54) is 10.9 Å². The van der Waals surface area contributed by atoms with Crippen molar-refractivity contribution >= 4 is 23.5 Å². The van der Waals surface area contributed by atoms with Crippen molar-refractivity contribution in [1.29, 1.82) is 0 Å². The predicted octanol–water partition coefficient (Wildman–Crippen LogP) is 2.35. The van der Waals surface area contributed by atoms with Crippen LogP contribution in [0.15, 0.2) is 30.6 Å². The van der Waals surface area contributed by atoms with Gasteiger partial charge in [-0.3, -0.25) is 19.1 Å². The number of esters is 1. The number of aromatic nitrogens is 2. The second kappa shape index (κ2) is 10.7. The molecule has 2 N–H and O–H groups in total. The molecule has 2 aromatic rings. The van der Waals surface area contributed by atoms with Gasteiger partial charge in [-0.05, 0) is 37.5 Å². The maximum Gasteiger partial charge on any atom is 0.307 e. The fraction of sp³-hybridized carbons (Fsp3) is 0.455. The Bertz CT molecular complexity index is 971. The summed E-state index contributed by atoms with van der Waals surface area (Å²) in [5.74, 6) is 0.460. The van der Waals surface area contributed by atoms with Crippen LogP contribution in [0.3, 0.4) is 0 Å². The predicted molar refractivity (Wildman–Crippen MR) is 115 cm³/mol. The SMILES string of the molecule is CCOC(=O)CC(CC(C)C)NC(=O)Cn1cc(NC(=O)c2ccc3c(c2)OCO3)cn1. The number of carbonyl (C=O) groups is 3. The van der Waals surface area contributed by atoms with E-state index in [1.807, 2.05) is 13.8 Å². The van der Waals surface area contributed by atoms with Crippen molar-refractivity contribution in [3.05, 3.63) is 36.2 Å². The van der Waals surface area contributed by atoms with Crippen LogP contribution in [0.5, 0.6) is 11.5 Å². The number of hydrogen-bond donors (Lipinski definition) is 2. The first kappa shape index (κ1) is 23.1. The average molecular weight is 444 g/mol. The van der Waals surface area contributed by atoms with E-state index >= 15 is 0 Å². The average Bonchev–Trinajstić information content (AvgIpc) is 3.35. The zero-order valence-corrected chi connectivity index (χ0v) is 18.4. The monoisotopic (exact) mass is 444 g/mol. The molecule has 10 nitrogen and oxygen atoms in total. The molecule has 3 rings (SSSR count). The molecule has 0 aliphatic carbocycles. The number of fused-ring (bicyclic) bond motifs is 1. The van der Waals surface area contributed by atoms with Gasteiger partial charge in [0.25, 0.3) is 5.91 Å². The number of amides is 2. The van der Waals surface area contributed by atoms with E-state index in [9.17, 15) is 14.4 Å². The van der Waals surface area contributed by atoms with Crippen molar-refractivity contribution in [2.75, 3.05) is 18.7 Å². The molecule has 2 heterocycles. The molecule has 1 aliphatic rings.